The number of carbonyl (C=O) groups is 1. The minimum Gasteiger partial charge on any atom is -0.469 e. The van der Waals surface area contributed by atoms with Crippen LogP contribution in [0.5, 0.6) is 0 Å². The molecule has 3 aliphatic rings. The number of rotatable bonds is 7. The van der Waals surface area contributed by atoms with Gasteiger partial charge in [-0.2, -0.15) is 0 Å². The van der Waals surface area contributed by atoms with Gasteiger partial charge in [-0.05, 0) is 97.5 Å². The fraction of sp³-hybridized carbons (Fsp3) is 0.903. The van der Waals surface area contributed by atoms with Gasteiger partial charge < -0.3 is 9.16 Å². The molecule has 201 valence electrons. The topological polar surface area (TPSA) is 35.5 Å². The van der Waals surface area contributed by atoms with E-state index < -0.39 is 9.04 Å². The zero-order chi connectivity index (χ0) is 26.3. The van der Waals surface area contributed by atoms with Gasteiger partial charge in [-0.15, -0.1) is 0 Å². The van der Waals surface area contributed by atoms with E-state index in [9.17, 15) is 4.79 Å². The Morgan fingerprint density at radius 2 is 1.74 bits per heavy atom. The molecule has 2 saturated carbocycles. The number of methoxy groups -OCH3 is 1. The van der Waals surface area contributed by atoms with Crippen molar-refractivity contribution in [2.75, 3.05) is 7.11 Å². The first-order chi connectivity index (χ1) is 16.1. The molecule has 3 nitrogen and oxygen atoms in total. The summed E-state index contributed by atoms with van der Waals surface area (Å²) in [7, 11) is 0.599. The second-order valence-electron chi connectivity index (χ2n) is 14.4. The molecule has 0 aromatic rings. The highest BCUT2D eigenvalue weighted by Crippen LogP contribution is 2.65. The van der Waals surface area contributed by atoms with Crippen LogP contribution < -0.4 is 0 Å². The average molecular weight is 504 g/mol. The second-order valence-corrected chi connectivity index (χ2v) is 18.0. The van der Waals surface area contributed by atoms with E-state index in [2.05, 4.69) is 62.3 Å². The van der Waals surface area contributed by atoms with Gasteiger partial charge in [-0.1, -0.05) is 73.5 Å². The van der Waals surface area contributed by atoms with Crippen molar-refractivity contribution in [3.05, 3.63) is 11.1 Å². The molecule has 3 aliphatic carbocycles. The summed E-state index contributed by atoms with van der Waals surface area (Å²) in [4.78, 5) is 12.0. The fourth-order valence-electron chi connectivity index (χ4n) is 8.64. The molecular weight excluding hydrogens is 448 g/mol. The summed E-state index contributed by atoms with van der Waals surface area (Å²) < 4.78 is 12.2. The summed E-state index contributed by atoms with van der Waals surface area (Å²) in [6, 6.07) is 0. The van der Waals surface area contributed by atoms with E-state index in [0.717, 1.165) is 24.7 Å². The molecule has 1 unspecified atom stereocenters. The quantitative estimate of drug-likeness (QED) is 0.198. The van der Waals surface area contributed by atoms with Crippen molar-refractivity contribution in [2.24, 2.45) is 34.5 Å². The fourth-order valence-corrected chi connectivity index (χ4v) is 11.7. The Morgan fingerprint density at radius 3 is 2.31 bits per heavy atom. The van der Waals surface area contributed by atoms with E-state index in [-0.39, 0.29) is 22.3 Å². The van der Waals surface area contributed by atoms with Crippen molar-refractivity contribution in [3.8, 4) is 0 Å². The second kappa shape index (κ2) is 10.6. The predicted molar refractivity (Wildman–Crippen MR) is 149 cm³/mol. The van der Waals surface area contributed by atoms with Gasteiger partial charge in [0, 0.05) is 0 Å². The molecule has 0 spiro atoms. The van der Waals surface area contributed by atoms with Crippen LogP contribution in [0.25, 0.3) is 0 Å². The van der Waals surface area contributed by atoms with Gasteiger partial charge in [0.1, 0.15) is 0 Å². The number of fused-ring (bicyclic) bond motifs is 3. The molecule has 0 bridgehead atoms. The standard InChI is InChI=1S/C31H55O3Si/c1-20(2)35(29(5,6)7)34-27-18-19-31(10)25-16-13-21(3)23(14-12-22(4)28(32)33-11)24(25)15-17-26(31)30(27,8)9/h20,22,24-27H,12-19H2,1-11H3/t22?,24-,25-,26-,27-,31+/m0/s1. The van der Waals surface area contributed by atoms with Gasteiger partial charge in [0.2, 0.25) is 9.04 Å². The van der Waals surface area contributed by atoms with Crippen molar-refractivity contribution >= 4 is 15.0 Å². The van der Waals surface area contributed by atoms with Crippen molar-refractivity contribution in [3.63, 3.8) is 0 Å². The first-order valence-corrected chi connectivity index (χ1v) is 15.9. The SMILES string of the molecule is COC(=O)C(C)CCC1=C(C)CC[C@H]2[C@H]1CC[C@H]1C(C)(C)[C@@H](O[Si](C(C)C)C(C)(C)C)CC[C@]21C. The van der Waals surface area contributed by atoms with Gasteiger partial charge in [0.25, 0.3) is 0 Å². The zero-order valence-corrected chi connectivity index (χ0v) is 25.8. The lowest BCUT2D eigenvalue weighted by Crippen LogP contribution is -2.58. The maximum atomic E-state index is 12.0. The van der Waals surface area contributed by atoms with Gasteiger partial charge in [0.05, 0.1) is 19.1 Å². The minimum atomic E-state index is -0.911. The molecule has 2 fully saturated rings. The largest absolute Gasteiger partial charge is 0.469 e. The number of allylic oxidation sites excluding steroid dienone is 2. The predicted octanol–water partition coefficient (Wildman–Crippen LogP) is 8.74. The smallest absolute Gasteiger partial charge is 0.308 e. The lowest BCUT2D eigenvalue weighted by Gasteiger charge is -2.63. The molecule has 1 radical (unpaired) electrons. The first-order valence-electron chi connectivity index (χ1n) is 14.4. The molecule has 0 aliphatic heterocycles. The van der Waals surface area contributed by atoms with Crippen LogP contribution in [0.2, 0.25) is 10.6 Å². The third kappa shape index (κ3) is 5.64. The minimum absolute atomic E-state index is 0.0149. The molecule has 6 atom stereocenters. The molecular formula is C31H55O3Si. The highest BCUT2D eigenvalue weighted by atomic mass is 28.3. The molecule has 3 rings (SSSR count). The number of hydrogen-bond acceptors (Lipinski definition) is 3. The number of hydrogen-bond donors (Lipinski definition) is 0. The van der Waals surface area contributed by atoms with Crippen LogP contribution in [0.3, 0.4) is 0 Å². The number of ether oxygens (including phenoxy) is 1. The van der Waals surface area contributed by atoms with Crippen LogP contribution in [-0.2, 0) is 14.0 Å². The van der Waals surface area contributed by atoms with Crippen LogP contribution in [0.1, 0.15) is 121 Å². The Morgan fingerprint density at radius 1 is 1.09 bits per heavy atom. The van der Waals surface area contributed by atoms with Crippen LogP contribution in [-0.4, -0.2) is 28.2 Å². The first kappa shape index (κ1) is 29.0. The molecule has 0 aromatic heterocycles. The van der Waals surface area contributed by atoms with Crippen LogP contribution >= 0.6 is 0 Å². The van der Waals surface area contributed by atoms with E-state index in [4.69, 9.17) is 9.16 Å². The summed E-state index contributed by atoms with van der Waals surface area (Å²) in [5.74, 6) is 2.11. The van der Waals surface area contributed by atoms with E-state index in [0.29, 0.717) is 23.0 Å². The van der Waals surface area contributed by atoms with Crippen molar-refractivity contribution < 1.29 is 14.0 Å². The lowest BCUT2D eigenvalue weighted by molar-refractivity contribution is -0.145. The number of carbonyl (C=O) groups excluding carboxylic acids is 1. The molecule has 0 heterocycles. The summed E-state index contributed by atoms with van der Waals surface area (Å²) >= 11 is 0. The van der Waals surface area contributed by atoms with Gasteiger partial charge in [-0.25, -0.2) is 0 Å². The number of esters is 1. The van der Waals surface area contributed by atoms with Gasteiger partial charge >= 0.3 is 5.97 Å². The molecule has 35 heavy (non-hydrogen) atoms. The van der Waals surface area contributed by atoms with Gasteiger partial charge in [-0.3, -0.25) is 4.79 Å². The molecule has 0 amide bonds. The molecule has 0 saturated heterocycles. The Kier molecular flexibility index (Phi) is 8.80. The van der Waals surface area contributed by atoms with E-state index in [1.807, 2.05) is 6.92 Å². The highest BCUT2D eigenvalue weighted by molar-refractivity contribution is 6.56. The summed E-state index contributed by atoms with van der Waals surface area (Å²) in [5.41, 5.74) is 4.52. The Labute approximate surface area is 218 Å². The van der Waals surface area contributed by atoms with E-state index in [1.54, 1.807) is 11.1 Å². The van der Waals surface area contributed by atoms with Crippen LogP contribution in [0, 0.1) is 34.5 Å². The monoisotopic (exact) mass is 503 g/mol. The summed E-state index contributed by atoms with van der Waals surface area (Å²) in [6.07, 6.45) is 10.1. The third-order valence-corrected chi connectivity index (χ3v) is 13.4. The molecule has 0 N–H and O–H groups in total. The lowest BCUT2D eigenvalue weighted by atomic mass is 9.43. The Balaban J connectivity index is 1.80. The third-order valence-electron chi connectivity index (χ3n) is 10.4. The van der Waals surface area contributed by atoms with Crippen LogP contribution in [0.4, 0.5) is 0 Å². The van der Waals surface area contributed by atoms with Crippen molar-refractivity contribution in [1.82, 2.24) is 0 Å². The normalized spacial score (nSPS) is 34.0. The Bertz CT molecular complexity index is 792. The summed E-state index contributed by atoms with van der Waals surface area (Å²) in [6.45, 7) is 24.0. The van der Waals surface area contributed by atoms with Crippen LogP contribution in [0.15, 0.2) is 11.1 Å². The molecule has 4 heteroatoms. The zero-order valence-electron chi connectivity index (χ0n) is 24.8. The maximum absolute atomic E-state index is 12.0. The van der Waals surface area contributed by atoms with Gasteiger partial charge in [0.15, 0.2) is 0 Å². The maximum Gasteiger partial charge on any atom is 0.308 e. The Hall–Kier alpha value is -0.613. The highest BCUT2D eigenvalue weighted by Gasteiger charge is 2.59. The summed E-state index contributed by atoms with van der Waals surface area (Å²) in [5, 5.41) is 0.259. The van der Waals surface area contributed by atoms with Crippen molar-refractivity contribution in [1.29, 1.82) is 0 Å². The van der Waals surface area contributed by atoms with Crippen molar-refractivity contribution in [2.45, 2.75) is 137 Å². The average Bonchev–Trinajstić information content (AvgIpc) is 2.75. The van der Waals surface area contributed by atoms with E-state index in [1.165, 1.54) is 45.6 Å². The molecule has 0 aromatic carbocycles. The van der Waals surface area contributed by atoms with E-state index >= 15 is 0 Å².